The third-order valence-corrected chi connectivity index (χ3v) is 4.88. The van der Waals surface area contributed by atoms with E-state index in [1.807, 2.05) is 0 Å². The van der Waals surface area contributed by atoms with Crippen molar-refractivity contribution in [1.82, 2.24) is 9.88 Å². The minimum atomic E-state index is -4.45. The molecule has 1 aliphatic heterocycles. The van der Waals surface area contributed by atoms with Gasteiger partial charge in [0.05, 0.1) is 11.5 Å². The van der Waals surface area contributed by atoms with Crippen LogP contribution in [0.15, 0.2) is 29.6 Å². The number of benzene rings is 1. The number of rotatable bonds is 3. The van der Waals surface area contributed by atoms with Gasteiger partial charge in [0.25, 0.3) is 5.91 Å². The van der Waals surface area contributed by atoms with E-state index in [9.17, 15) is 22.8 Å². The maximum atomic E-state index is 12.8. The summed E-state index contributed by atoms with van der Waals surface area (Å²) in [4.78, 5) is 28.9. The molecule has 25 heavy (non-hydrogen) atoms. The van der Waals surface area contributed by atoms with Crippen LogP contribution in [0.25, 0.3) is 10.6 Å². The Bertz CT molecular complexity index is 819. The van der Waals surface area contributed by atoms with E-state index in [0.29, 0.717) is 18.0 Å². The van der Waals surface area contributed by atoms with Crippen molar-refractivity contribution in [2.75, 3.05) is 13.1 Å². The predicted octanol–water partition coefficient (Wildman–Crippen LogP) is 3.38. The monoisotopic (exact) mass is 370 g/mol. The van der Waals surface area contributed by atoms with Gasteiger partial charge in [-0.2, -0.15) is 13.2 Å². The molecule has 1 N–H and O–H groups in total. The summed E-state index contributed by atoms with van der Waals surface area (Å²) in [5, 5.41) is 10.8. The largest absolute Gasteiger partial charge is 0.481 e. The molecule has 1 amide bonds. The molecule has 1 atom stereocenters. The van der Waals surface area contributed by atoms with Gasteiger partial charge in [-0.3, -0.25) is 9.59 Å². The highest BCUT2D eigenvalue weighted by atomic mass is 32.1. The highest BCUT2D eigenvalue weighted by molar-refractivity contribution is 7.13. The molecule has 0 spiro atoms. The van der Waals surface area contributed by atoms with Crippen LogP contribution in [0.4, 0.5) is 13.2 Å². The van der Waals surface area contributed by atoms with Crippen LogP contribution in [0.3, 0.4) is 0 Å². The highest BCUT2D eigenvalue weighted by Crippen LogP contribution is 2.33. The molecule has 5 nitrogen and oxygen atoms in total. The summed E-state index contributed by atoms with van der Waals surface area (Å²) in [7, 11) is 0. The molecule has 9 heteroatoms. The van der Waals surface area contributed by atoms with E-state index in [1.165, 1.54) is 22.4 Å². The normalized spacial score (nSPS) is 17.7. The molecule has 0 aliphatic carbocycles. The number of thiazole rings is 1. The predicted molar refractivity (Wildman–Crippen MR) is 84.2 cm³/mol. The lowest BCUT2D eigenvalue weighted by molar-refractivity contribution is -0.141. The van der Waals surface area contributed by atoms with Gasteiger partial charge in [0, 0.05) is 24.0 Å². The smallest absolute Gasteiger partial charge is 0.416 e. The molecule has 2 heterocycles. The number of nitrogens with zero attached hydrogens (tertiary/aromatic N) is 2. The third-order valence-electron chi connectivity index (χ3n) is 3.98. The van der Waals surface area contributed by atoms with Gasteiger partial charge < -0.3 is 10.0 Å². The van der Waals surface area contributed by atoms with Crippen LogP contribution < -0.4 is 0 Å². The number of hydrogen-bond donors (Lipinski definition) is 1. The van der Waals surface area contributed by atoms with E-state index < -0.39 is 29.5 Å². The van der Waals surface area contributed by atoms with Crippen LogP contribution >= 0.6 is 11.3 Å². The summed E-state index contributed by atoms with van der Waals surface area (Å²) >= 11 is 1.07. The minimum absolute atomic E-state index is 0.114. The molecule has 1 aliphatic rings. The van der Waals surface area contributed by atoms with Crippen molar-refractivity contribution >= 4 is 23.2 Å². The Hall–Kier alpha value is -2.42. The Morgan fingerprint density at radius 3 is 2.72 bits per heavy atom. The Morgan fingerprint density at radius 1 is 1.32 bits per heavy atom. The number of carboxylic acid groups (broad SMARTS) is 1. The van der Waals surface area contributed by atoms with E-state index in [-0.39, 0.29) is 17.8 Å². The summed E-state index contributed by atoms with van der Waals surface area (Å²) in [5.74, 6) is -1.94. The molecule has 1 fully saturated rings. The zero-order chi connectivity index (χ0) is 18.2. The summed E-state index contributed by atoms with van der Waals surface area (Å²) < 4.78 is 38.4. The Kier molecular flexibility index (Phi) is 4.51. The van der Waals surface area contributed by atoms with Crippen molar-refractivity contribution in [2.24, 2.45) is 5.92 Å². The van der Waals surface area contributed by atoms with Gasteiger partial charge in [0.15, 0.2) is 0 Å². The lowest BCUT2D eigenvalue weighted by atomic mass is 10.1. The maximum Gasteiger partial charge on any atom is 0.416 e. The number of carboxylic acids is 1. The van der Waals surface area contributed by atoms with Gasteiger partial charge in [-0.15, -0.1) is 11.3 Å². The second-order valence-corrected chi connectivity index (χ2v) is 6.55. The maximum absolute atomic E-state index is 12.8. The van der Waals surface area contributed by atoms with Gasteiger partial charge in [-0.1, -0.05) is 12.1 Å². The van der Waals surface area contributed by atoms with Gasteiger partial charge in [0.1, 0.15) is 10.7 Å². The molecule has 2 aromatic rings. The summed E-state index contributed by atoms with van der Waals surface area (Å²) in [6, 6.07) is 4.75. The fourth-order valence-corrected chi connectivity index (χ4v) is 3.43. The van der Waals surface area contributed by atoms with E-state index in [2.05, 4.69) is 4.98 Å². The number of alkyl halides is 3. The first-order chi connectivity index (χ1) is 11.8. The number of carbonyl (C=O) groups excluding carboxylic acids is 1. The van der Waals surface area contributed by atoms with Crippen molar-refractivity contribution in [3.05, 3.63) is 40.9 Å². The van der Waals surface area contributed by atoms with Crippen LogP contribution in [0, 0.1) is 5.92 Å². The average Bonchev–Trinajstić information content (AvgIpc) is 3.23. The lowest BCUT2D eigenvalue weighted by Crippen LogP contribution is -2.30. The van der Waals surface area contributed by atoms with Gasteiger partial charge in [0.2, 0.25) is 0 Å². The molecule has 1 unspecified atom stereocenters. The zero-order valence-corrected chi connectivity index (χ0v) is 13.6. The first-order valence-corrected chi connectivity index (χ1v) is 8.29. The zero-order valence-electron chi connectivity index (χ0n) is 12.8. The fraction of sp³-hybridized carbons (Fsp3) is 0.312. The number of amides is 1. The van der Waals surface area contributed by atoms with Crippen molar-refractivity contribution in [3.63, 3.8) is 0 Å². The Labute approximate surface area is 144 Å². The molecular weight excluding hydrogens is 357 g/mol. The molecule has 0 bridgehead atoms. The van der Waals surface area contributed by atoms with E-state index in [1.54, 1.807) is 0 Å². The van der Waals surface area contributed by atoms with E-state index in [4.69, 9.17) is 5.11 Å². The number of hydrogen-bond acceptors (Lipinski definition) is 4. The average molecular weight is 370 g/mol. The summed E-state index contributed by atoms with van der Waals surface area (Å²) in [5.41, 5.74) is -0.385. The molecular formula is C16H13F3N2O3S. The van der Waals surface area contributed by atoms with Crippen molar-refractivity contribution in [1.29, 1.82) is 0 Å². The van der Waals surface area contributed by atoms with Gasteiger partial charge in [-0.05, 0) is 18.6 Å². The SMILES string of the molecule is O=C(O)C1CCN(C(=O)c2csc(-c3cccc(C(F)(F)F)c3)n2)C1. The van der Waals surface area contributed by atoms with Crippen LogP contribution in [0.5, 0.6) is 0 Å². The van der Waals surface area contributed by atoms with Crippen LogP contribution in [0.2, 0.25) is 0 Å². The van der Waals surface area contributed by atoms with Crippen molar-refractivity contribution in [2.45, 2.75) is 12.6 Å². The number of aliphatic carboxylic acids is 1. The lowest BCUT2D eigenvalue weighted by Gasteiger charge is -2.13. The molecule has 132 valence electrons. The number of halogens is 3. The number of aromatic nitrogens is 1. The highest BCUT2D eigenvalue weighted by Gasteiger charge is 2.33. The van der Waals surface area contributed by atoms with Crippen LogP contribution in [0.1, 0.15) is 22.5 Å². The first kappa shape index (κ1) is 17.4. The van der Waals surface area contributed by atoms with Gasteiger partial charge >= 0.3 is 12.1 Å². The topological polar surface area (TPSA) is 70.5 Å². The summed E-state index contributed by atoms with van der Waals surface area (Å²) in [6.07, 6.45) is -4.07. The third kappa shape index (κ3) is 3.65. The molecule has 0 saturated carbocycles. The molecule has 1 aromatic carbocycles. The minimum Gasteiger partial charge on any atom is -0.481 e. The van der Waals surface area contributed by atoms with Gasteiger partial charge in [-0.25, -0.2) is 4.98 Å². The number of carbonyl (C=O) groups is 2. The van der Waals surface area contributed by atoms with Crippen LogP contribution in [-0.2, 0) is 11.0 Å². The molecule has 0 radical (unpaired) electrons. The quantitative estimate of drug-likeness (QED) is 0.899. The van der Waals surface area contributed by atoms with E-state index >= 15 is 0 Å². The number of likely N-dealkylation sites (tertiary alicyclic amines) is 1. The Balaban J connectivity index is 1.79. The standard InChI is InChI=1S/C16H13F3N2O3S/c17-16(18,19)11-3-1-2-9(6-11)13-20-12(8-25-13)14(22)21-5-4-10(7-21)15(23)24/h1-3,6,8,10H,4-5,7H2,(H,23,24). The van der Waals surface area contributed by atoms with E-state index in [0.717, 1.165) is 23.5 Å². The Morgan fingerprint density at radius 2 is 2.08 bits per heavy atom. The van der Waals surface area contributed by atoms with Crippen molar-refractivity contribution in [3.8, 4) is 10.6 Å². The second-order valence-electron chi connectivity index (χ2n) is 5.69. The molecule has 1 saturated heterocycles. The molecule has 1 aromatic heterocycles. The second kappa shape index (κ2) is 6.47. The fourth-order valence-electron chi connectivity index (χ4n) is 2.64. The van der Waals surface area contributed by atoms with Crippen LogP contribution in [-0.4, -0.2) is 40.0 Å². The summed E-state index contributed by atoms with van der Waals surface area (Å²) in [6.45, 7) is 0.441. The first-order valence-electron chi connectivity index (χ1n) is 7.41. The molecule has 3 rings (SSSR count). The van der Waals surface area contributed by atoms with Crippen molar-refractivity contribution < 1.29 is 27.9 Å².